The summed E-state index contributed by atoms with van der Waals surface area (Å²) in [5, 5.41) is 32.1. The van der Waals surface area contributed by atoms with E-state index in [2.05, 4.69) is 13.2 Å². The second kappa shape index (κ2) is 12.4. The van der Waals surface area contributed by atoms with Crippen LogP contribution in [-0.4, -0.2) is 45.6 Å². The first kappa shape index (κ1) is 20.7. The fourth-order valence-electron chi connectivity index (χ4n) is 0.0500. The van der Waals surface area contributed by atoms with Gasteiger partial charge in [0.05, 0.1) is 13.2 Å². The molecule has 0 atom stereocenters. The summed E-state index contributed by atoms with van der Waals surface area (Å²) in [6.45, 7) is 9.61. The van der Waals surface area contributed by atoms with E-state index in [1.165, 1.54) is 0 Å². The molecule has 0 aromatic heterocycles. The average molecular weight is 248 g/mol. The Bertz CT molecular complexity index is 220. The van der Waals surface area contributed by atoms with Crippen LogP contribution in [-0.2, 0) is 9.59 Å². The number of carbonyl (C=O) groups is 2. The van der Waals surface area contributed by atoms with Crippen LogP contribution in [0.25, 0.3) is 0 Å². The van der Waals surface area contributed by atoms with Crippen molar-refractivity contribution >= 4 is 11.9 Å². The molecule has 0 spiro atoms. The molecule has 6 heteroatoms. The van der Waals surface area contributed by atoms with Crippen molar-refractivity contribution in [3.8, 4) is 0 Å². The number of aliphatic hydroxyl groups excluding tert-OH is 2. The van der Waals surface area contributed by atoms with Crippen LogP contribution in [0.5, 0.6) is 0 Å². The van der Waals surface area contributed by atoms with E-state index in [4.69, 9.17) is 20.4 Å². The van der Waals surface area contributed by atoms with E-state index >= 15 is 0 Å². The Kier molecular flexibility index (Phi) is 15.1. The molecular weight excluding hydrogens is 228 g/mol. The molecule has 0 aromatic rings. The van der Waals surface area contributed by atoms with Crippen LogP contribution >= 0.6 is 0 Å². The lowest BCUT2D eigenvalue weighted by atomic mass is 9.97. The molecule has 6 nitrogen and oxygen atoms in total. The van der Waals surface area contributed by atoms with Gasteiger partial charge in [-0.25, -0.2) is 9.59 Å². The summed E-state index contributed by atoms with van der Waals surface area (Å²) in [6, 6.07) is 0. The molecule has 4 N–H and O–H groups in total. The van der Waals surface area contributed by atoms with Gasteiger partial charge in [-0.15, -0.1) is 0 Å². The molecule has 0 aliphatic carbocycles. The molecule has 0 radical (unpaired) electrons. The molecule has 0 rings (SSSR count). The summed E-state index contributed by atoms with van der Waals surface area (Å²) in [4.78, 5) is 18.5. The highest BCUT2D eigenvalue weighted by molar-refractivity contribution is 5.79. The lowest BCUT2D eigenvalue weighted by Gasteiger charge is -2.16. The standard InChI is InChI=1S/C5H12O2.2C3H4O2/c1-5(2,3-6)4-7;2*1-2-3(4)5/h6-7H,3-4H2,1-2H3;2*2H,1H2,(H,4,5). The molecule has 0 heterocycles. The van der Waals surface area contributed by atoms with Crippen LogP contribution in [0.4, 0.5) is 0 Å². The number of hydrogen-bond acceptors (Lipinski definition) is 4. The lowest BCUT2D eigenvalue weighted by molar-refractivity contribution is -0.132. The minimum atomic E-state index is -0.981. The quantitative estimate of drug-likeness (QED) is 0.539. The third kappa shape index (κ3) is 31.4. The minimum Gasteiger partial charge on any atom is -0.478 e. The molecule has 0 saturated heterocycles. The van der Waals surface area contributed by atoms with Crippen LogP contribution in [0.15, 0.2) is 25.3 Å². The van der Waals surface area contributed by atoms with Crippen molar-refractivity contribution in [2.75, 3.05) is 13.2 Å². The molecule has 0 unspecified atom stereocenters. The highest BCUT2D eigenvalue weighted by Gasteiger charge is 2.13. The number of aliphatic hydroxyl groups is 2. The van der Waals surface area contributed by atoms with Gasteiger partial charge in [0.15, 0.2) is 0 Å². The predicted molar refractivity (Wildman–Crippen MR) is 63.6 cm³/mol. The molecule has 0 bridgehead atoms. The predicted octanol–water partition coefficient (Wildman–Crippen LogP) is 0.511. The fraction of sp³-hybridized carbons (Fsp3) is 0.455. The highest BCUT2D eigenvalue weighted by Crippen LogP contribution is 2.10. The Morgan fingerprint density at radius 1 is 1.00 bits per heavy atom. The van der Waals surface area contributed by atoms with Gasteiger partial charge in [0.1, 0.15) is 0 Å². The Morgan fingerprint density at radius 3 is 1.18 bits per heavy atom. The normalized spacial score (nSPS) is 8.71. The van der Waals surface area contributed by atoms with Crippen molar-refractivity contribution in [3.05, 3.63) is 25.3 Å². The molecule has 0 amide bonds. The van der Waals surface area contributed by atoms with E-state index < -0.39 is 11.9 Å². The summed E-state index contributed by atoms with van der Waals surface area (Å²) < 4.78 is 0. The van der Waals surface area contributed by atoms with Gasteiger partial charge in [0, 0.05) is 17.6 Å². The Hall–Kier alpha value is -1.66. The first-order chi connectivity index (χ1) is 7.66. The van der Waals surface area contributed by atoms with E-state index in [1.54, 1.807) is 13.8 Å². The molecule has 0 aromatic carbocycles. The van der Waals surface area contributed by atoms with Crippen molar-refractivity contribution in [3.63, 3.8) is 0 Å². The van der Waals surface area contributed by atoms with Crippen LogP contribution in [0, 0.1) is 5.41 Å². The first-order valence-corrected chi connectivity index (χ1v) is 4.59. The van der Waals surface area contributed by atoms with Crippen LogP contribution in [0.2, 0.25) is 0 Å². The first-order valence-electron chi connectivity index (χ1n) is 4.59. The van der Waals surface area contributed by atoms with E-state index in [9.17, 15) is 9.59 Å². The van der Waals surface area contributed by atoms with Gasteiger partial charge >= 0.3 is 11.9 Å². The van der Waals surface area contributed by atoms with Gasteiger partial charge in [0.2, 0.25) is 0 Å². The maximum Gasteiger partial charge on any atom is 0.327 e. The maximum atomic E-state index is 9.25. The summed E-state index contributed by atoms with van der Waals surface area (Å²) in [5.74, 6) is -1.96. The van der Waals surface area contributed by atoms with Crippen LogP contribution in [0.1, 0.15) is 13.8 Å². The zero-order valence-electron chi connectivity index (χ0n) is 10.1. The van der Waals surface area contributed by atoms with Crippen molar-refractivity contribution < 1.29 is 30.0 Å². The van der Waals surface area contributed by atoms with Crippen LogP contribution < -0.4 is 0 Å². The zero-order valence-corrected chi connectivity index (χ0v) is 10.1. The van der Waals surface area contributed by atoms with E-state index in [0.29, 0.717) is 0 Å². The molecule has 17 heavy (non-hydrogen) atoms. The summed E-state index contributed by atoms with van der Waals surface area (Å²) in [5.41, 5.74) is -0.306. The number of carboxylic acids is 2. The number of aliphatic carboxylic acids is 2. The molecule has 100 valence electrons. The lowest BCUT2D eigenvalue weighted by Crippen LogP contribution is -2.20. The summed E-state index contributed by atoms with van der Waals surface area (Å²) in [7, 11) is 0. The SMILES string of the molecule is C=CC(=O)O.C=CC(=O)O.CC(C)(CO)CO. The molecule has 0 aliphatic rings. The van der Waals surface area contributed by atoms with E-state index in [0.717, 1.165) is 12.2 Å². The monoisotopic (exact) mass is 248 g/mol. The van der Waals surface area contributed by atoms with E-state index in [1.807, 2.05) is 0 Å². The Balaban J connectivity index is -0.000000177. The van der Waals surface area contributed by atoms with Gasteiger partial charge in [0.25, 0.3) is 0 Å². The average Bonchev–Trinajstić information content (AvgIpc) is 2.30. The Morgan fingerprint density at radius 2 is 1.18 bits per heavy atom. The van der Waals surface area contributed by atoms with Crippen molar-refractivity contribution in [2.45, 2.75) is 13.8 Å². The summed E-state index contributed by atoms with van der Waals surface area (Å²) >= 11 is 0. The minimum absolute atomic E-state index is 0.0451. The van der Waals surface area contributed by atoms with Gasteiger partial charge in [-0.1, -0.05) is 27.0 Å². The largest absolute Gasteiger partial charge is 0.478 e. The van der Waals surface area contributed by atoms with Crippen molar-refractivity contribution in [1.29, 1.82) is 0 Å². The van der Waals surface area contributed by atoms with Gasteiger partial charge in [-0.2, -0.15) is 0 Å². The third-order valence-electron chi connectivity index (χ3n) is 1.21. The third-order valence-corrected chi connectivity index (χ3v) is 1.21. The summed E-state index contributed by atoms with van der Waals surface area (Å²) in [6.07, 6.45) is 1.67. The van der Waals surface area contributed by atoms with E-state index in [-0.39, 0.29) is 18.6 Å². The van der Waals surface area contributed by atoms with Crippen LogP contribution in [0.3, 0.4) is 0 Å². The highest BCUT2D eigenvalue weighted by atomic mass is 16.4. The second-order valence-corrected chi connectivity index (χ2v) is 3.57. The Labute approximate surface area is 101 Å². The molecule has 0 saturated carbocycles. The molecule has 0 fully saturated rings. The molecule has 0 aliphatic heterocycles. The van der Waals surface area contributed by atoms with Crippen molar-refractivity contribution in [2.24, 2.45) is 5.41 Å². The fourth-order valence-corrected chi connectivity index (χ4v) is 0.0500. The smallest absolute Gasteiger partial charge is 0.327 e. The van der Waals surface area contributed by atoms with Crippen molar-refractivity contribution in [1.82, 2.24) is 0 Å². The number of hydrogen-bond donors (Lipinski definition) is 4. The van der Waals surface area contributed by atoms with Gasteiger partial charge < -0.3 is 20.4 Å². The maximum absolute atomic E-state index is 9.25. The number of rotatable bonds is 4. The second-order valence-electron chi connectivity index (χ2n) is 3.57. The zero-order chi connectivity index (χ0) is 14.5. The number of carboxylic acid groups (broad SMARTS) is 2. The molecular formula is C11H20O6. The van der Waals surface area contributed by atoms with Gasteiger partial charge in [-0.3, -0.25) is 0 Å². The van der Waals surface area contributed by atoms with Gasteiger partial charge in [-0.05, 0) is 0 Å². The topological polar surface area (TPSA) is 115 Å².